The fourth-order valence-corrected chi connectivity index (χ4v) is 2.29. The summed E-state index contributed by atoms with van der Waals surface area (Å²) < 4.78 is 17.7. The van der Waals surface area contributed by atoms with Gasteiger partial charge in [-0.15, -0.1) is 5.10 Å². The highest BCUT2D eigenvalue weighted by Gasteiger charge is 2.19. The molecule has 0 saturated carbocycles. The molecule has 0 amide bonds. The minimum atomic E-state index is 0.280. The second-order valence-corrected chi connectivity index (χ2v) is 4.58. The SMILES string of the molecule is CCCn1nnc(C=O)c1-c1cc(OC)c(OC)c(OC)c1. The molecular weight excluding hydrogens is 286 g/mol. The topological polar surface area (TPSA) is 75.5 Å². The van der Waals surface area contributed by atoms with Crippen LogP contribution in [-0.4, -0.2) is 42.6 Å². The molecule has 1 heterocycles. The van der Waals surface area contributed by atoms with Crippen LogP contribution in [0, 0.1) is 0 Å². The van der Waals surface area contributed by atoms with Crippen molar-refractivity contribution in [3.8, 4) is 28.5 Å². The first-order valence-electron chi connectivity index (χ1n) is 6.89. The third kappa shape index (κ3) is 2.74. The van der Waals surface area contributed by atoms with Crippen molar-refractivity contribution in [3.05, 3.63) is 17.8 Å². The molecule has 0 unspecified atom stereocenters. The molecule has 2 rings (SSSR count). The molecule has 0 aliphatic heterocycles. The maximum absolute atomic E-state index is 11.2. The number of aromatic nitrogens is 3. The van der Waals surface area contributed by atoms with Gasteiger partial charge >= 0.3 is 0 Å². The molecule has 1 aromatic heterocycles. The molecule has 1 aromatic carbocycles. The van der Waals surface area contributed by atoms with E-state index >= 15 is 0 Å². The van der Waals surface area contributed by atoms with E-state index in [1.165, 1.54) is 0 Å². The molecule has 0 N–H and O–H groups in total. The number of hydrogen-bond acceptors (Lipinski definition) is 6. The van der Waals surface area contributed by atoms with Gasteiger partial charge in [-0.1, -0.05) is 12.1 Å². The first-order chi connectivity index (χ1) is 10.7. The summed E-state index contributed by atoms with van der Waals surface area (Å²) in [5.41, 5.74) is 1.65. The van der Waals surface area contributed by atoms with Crippen LogP contribution in [0.1, 0.15) is 23.8 Å². The van der Waals surface area contributed by atoms with Crippen molar-refractivity contribution in [1.82, 2.24) is 15.0 Å². The van der Waals surface area contributed by atoms with Crippen LogP contribution in [0.2, 0.25) is 0 Å². The largest absolute Gasteiger partial charge is 0.493 e. The first-order valence-corrected chi connectivity index (χ1v) is 6.89. The Bertz CT molecular complexity index is 642. The number of carbonyl (C=O) groups excluding carboxylic acids is 1. The van der Waals surface area contributed by atoms with Crippen molar-refractivity contribution >= 4 is 6.29 Å². The van der Waals surface area contributed by atoms with Crippen molar-refractivity contribution in [2.24, 2.45) is 0 Å². The first kappa shape index (κ1) is 15.8. The van der Waals surface area contributed by atoms with Crippen LogP contribution in [0.3, 0.4) is 0 Å². The molecule has 22 heavy (non-hydrogen) atoms. The zero-order valence-electron chi connectivity index (χ0n) is 13.1. The van der Waals surface area contributed by atoms with Gasteiger partial charge in [0.2, 0.25) is 5.75 Å². The number of ether oxygens (including phenoxy) is 3. The molecule has 7 nitrogen and oxygen atoms in total. The van der Waals surface area contributed by atoms with Gasteiger partial charge in [0.05, 0.1) is 27.0 Å². The molecule has 0 bridgehead atoms. The standard InChI is InChI=1S/C15H19N3O4/c1-5-6-18-14(11(9-19)16-17-18)10-7-12(20-2)15(22-4)13(8-10)21-3/h7-9H,5-6H2,1-4H3. The van der Waals surface area contributed by atoms with Crippen LogP contribution in [0.5, 0.6) is 17.2 Å². The lowest BCUT2D eigenvalue weighted by Crippen LogP contribution is -2.03. The molecule has 0 aliphatic rings. The van der Waals surface area contributed by atoms with Gasteiger partial charge in [-0.3, -0.25) is 4.79 Å². The summed E-state index contributed by atoms with van der Waals surface area (Å²) in [4.78, 5) is 11.2. The van der Waals surface area contributed by atoms with Crippen LogP contribution in [-0.2, 0) is 6.54 Å². The minimum absolute atomic E-state index is 0.280. The molecule has 0 radical (unpaired) electrons. The van der Waals surface area contributed by atoms with Gasteiger partial charge in [-0.25, -0.2) is 4.68 Å². The van der Waals surface area contributed by atoms with E-state index in [9.17, 15) is 4.79 Å². The maximum atomic E-state index is 11.2. The van der Waals surface area contributed by atoms with Crippen molar-refractivity contribution < 1.29 is 19.0 Å². The smallest absolute Gasteiger partial charge is 0.203 e. The minimum Gasteiger partial charge on any atom is -0.493 e. The summed E-state index contributed by atoms with van der Waals surface area (Å²) in [6, 6.07) is 3.55. The number of nitrogens with zero attached hydrogens (tertiary/aromatic N) is 3. The molecule has 0 atom stereocenters. The summed E-state index contributed by atoms with van der Waals surface area (Å²) in [6.45, 7) is 2.69. The van der Waals surface area contributed by atoms with E-state index in [1.54, 1.807) is 38.1 Å². The Hall–Kier alpha value is -2.57. The number of aryl methyl sites for hydroxylation is 1. The lowest BCUT2D eigenvalue weighted by Gasteiger charge is -2.14. The van der Waals surface area contributed by atoms with Crippen molar-refractivity contribution in [2.75, 3.05) is 21.3 Å². The van der Waals surface area contributed by atoms with E-state index in [-0.39, 0.29) is 5.69 Å². The molecule has 2 aromatic rings. The lowest BCUT2D eigenvalue weighted by atomic mass is 10.1. The zero-order chi connectivity index (χ0) is 16.1. The lowest BCUT2D eigenvalue weighted by molar-refractivity contribution is 0.111. The highest BCUT2D eigenvalue weighted by atomic mass is 16.5. The highest BCUT2D eigenvalue weighted by Crippen LogP contribution is 2.41. The Kier molecular flexibility index (Phi) is 4.98. The number of carbonyl (C=O) groups is 1. The Morgan fingerprint density at radius 3 is 2.23 bits per heavy atom. The van der Waals surface area contributed by atoms with E-state index in [4.69, 9.17) is 14.2 Å². The third-order valence-corrected chi connectivity index (χ3v) is 3.25. The molecule has 0 spiro atoms. The normalized spacial score (nSPS) is 10.4. The maximum Gasteiger partial charge on any atom is 0.203 e. The molecular formula is C15H19N3O4. The quantitative estimate of drug-likeness (QED) is 0.730. The molecule has 118 valence electrons. The predicted octanol–water partition coefficient (Wildman–Crippen LogP) is 2.19. The van der Waals surface area contributed by atoms with Gasteiger partial charge in [0.15, 0.2) is 23.5 Å². The zero-order valence-corrected chi connectivity index (χ0v) is 13.1. The van der Waals surface area contributed by atoms with E-state index < -0.39 is 0 Å². The number of benzene rings is 1. The number of hydrogen-bond donors (Lipinski definition) is 0. The van der Waals surface area contributed by atoms with Crippen LogP contribution in [0.25, 0.3) is 11.3 Å². The Morgan fingerprint density at radius 1 is 1.14 bits per heavy atom. The van der Waals surface area contributed by atoms with Gasteiger partial charge in [0.25, 0.3) is 0 Å². The van der Waals surface area contributed by atoms with E-state index in [0.717, 1.165) is 12.0 Å². The summed E-state index contributed by atoms with van der Waals surface area (Å²) in [5, 5.41) is 7.94. The average Bonchev–Trinajstić information content (AvgIpc) is 2.96. The van der Waals surface area contributed by atoms with E-state index in [0.29, 0.717) is 35.8 Å². The van der Waals surface area contributed by atoms with Gasteiger partial charge in [-0.05, 0) is 18.6 Å². The number of methoxy groups -OCH3 is 3. The fraction of sp³-hybridized carbons (Fsp3) is 0.400. The van der Waals surface area contributed by atoms with Crippen molar-refractivity contribution in [3.63, 3.8) is 0 Å². The van der Waals surface area contributed by atoms with Gasteiger partial charge < -0.3 is 14.2 Å². The van der Waals surface area contributed by atoms with Crippen LogP contribution >= 0.6 is 0 Å². The van der Waals surface area contributed by atoms with Gasteiger partial charge in [0, 0.05) is 12.1 Å². The Labute approximate surface area is 128 Å². The molecule has 7 heteroatoms. The monoisotopic (exact) mass is 305 g/mol. The van der Waals surface area contributed by atoms with Crippen LogP contribution < -0.4 is 14.2 Å². The molecule has 0 saturated heterocycles. The van der Waals surface area contributed by atoms with Crippen molar-refractivity contribution in [2.45, 2.75) is 19.9 Å². The third-order valence-electron chi connectivity index (χ3n) is 3.25. The summed E-state index contributed by atoms with van der Waals surface area (Å²) in [5.74, 6) is 1.52. The van der Waals surface area contributed by atoms with Gasteiger partial charge in [-0.2, -0.15) is 0 Å². The van der Waals surface area contributed by atoms with Crippen LogP contribution in [0.4, 0.5) is 0 Å². The number of rotatable bonds is 7. The van der Waals surface area contributed by atoms with Crippen molar-refractivity contribution in [1.29, 1.82) is 0 Å². The second kappa shape index (κ2) is 6.93. The fourth-order valence-electron chi connectivity index (χ4n) is 2.29. The number of aldehydes is 1. The Balaban J connectivity index is 2.67. The Morgan fingerprint density at radius 2 is 1.77 bits per heavy atom. The summed E-state index contributed by atoms with van der Waals surface area (Å²) >= 11 is 0. The summed E-state index contributed by atoms with van der Waals surface area (Å²) in [7, 11) is 4.63. The molecule has 0 fully saturated rings. The van der Waals surface area contributed by atoms with E-state index in [1.807, 2.05) is 6.92 Å². The molecule has 0 aliphatic carbocycles. The second-order valence-electron chi connectivity index (χ2n) is 4.58. The van der Waals surface area contributed by atoms with Crippen LogP contribution in [0.15, 0.2) is 12.1 Å². The highest BCUT2D eigenvalue weighted by molar-refractivity contribution is 5.84. The van der Waals surface area contributed by atoms with E-state index in [2.05, 4.69) is 10.3 Å². The predicted molar refractivity (Wildman–Crippen MR) is 80.8 cm³/mol. The van der Waals surface area contributed by atoms with Gasteiger partial charge in [0.1, 0.15) is 0 Å². The summed E-state index contributed by atoms with van der Waals surface area (Å²) in [6.07, 6.45) is 1.57. The average molecular weight is 305 g/mol.